The van der Waals surface area contributed by atoms with Crippen molar-refractivity contribution in [3.63, 3.8) is 0 Å². The highest BCUT2D eigenvalue weighted by atomic mass is 19.4. The number of rotatable bonds is 2. The third-order valence-electron chi connectivity index (χ3n) is 2.94. The summed E-state index contributed by atoms with van der Waals surface area (Å²) in [4.78, 5) is 3.55. The summed E-state index contributed by atoms with van der Waals surface area (Å²) in [6.45, 7) is 0. The number of aliphatic imine (C=N–C) groups is 1. The highest BCUT2D eigenvalue weighted by Crippen LogP contribution is 2.38. The van der Waals surface area contributed by atoms with Gasteiger partial charge in [-0.2, -0.15) is 26.3 Å². The second kappa shape index (κ2) is 6.06. The van der Waals surface area contributed by atoms with Gasteiger partial charge in [-0.05, 0) is 30.3 Å². The van der Waals surface area contributed by atoms with Crippen LogP contribution in [0.25, 0.3) is 0 Å². The summed E-state index contributed by atoms with van der Waals surface area (Å²) in [5, 5.41) is 18.6. The molecule has 0 saturated heterocycles. The van der Waals surface area contributed by atoms with Crippen LogP contribution in [0.5, 0.6) is 11.5 Å². The molecule has 0 saturated carbocycles. The largest absolute Gasteiger partial charge is 0.508 e. The lowest BCUT2D eigenvalue weighted by atomic mass is 10.1. The van der Waals surface area contributed by atoms with E-state index in [9.17, 15) is 31.4 Å². The predicted molar refractivity (Wildman–Crippen MR) is 73.5 cm³/mol. The van der Waals surface area contributed by atoms with Gasteiger partial charge in [0.1, 0.15) is 11.5 Å². The molecule has 0 aromatic heterocycles. The van der Waals surface area contributed by atoms with Crippen molar-refractivity contribution in [2.24, 2.45) is 4.99 Å². The van der Waals surface area contributed by atoms with E-state index >= 15 is 0 Å². The highest BCUT2D eigenvalue weighted by molar-refractivity contribution is 5.85. The number of alkyl halides is 6. The van der Waals surface area contributed by atoms with Crippen molar-refractivity contribution in [1.82, 2.24) is 0 Å². The van der Waals surface area contributed by atoms with Crippen molar-refractivity contribution in [2.45, 2.75) is 12.4 Å². The van der Waals surface area contributed by atoms with Gasteiger partial charge >= 0.3 is 12.4 Å². The Hall–Kier alpha value is -2.71. The van der Waals surface area contributed by atoms with Crippen molar-refractivity contribution in [3.8, 4) is 11.5 Å². The highest BCUT2D eigenvalue weighted by Gasteiger charge is 2.36. The standard InChI is InChI=1S/C15H9F6NO2/c16-14(17,18)9-3-10(15(19,20)21)5-11(4-9)22-7-8-1-2-12(23)6-13(8)24/h1-7,23-24H/b22-7+. The molecule has 24 heavy (non-hydrogen) atoms. The Morgan fingerprint density at radius 2 is 1.33 bits per heavy atom. The third kappa shape index (κ3) is 4.18. The number of phenols is 2. The molecule has 0 aliphatic rings. The average molecular weight is 349 g/mol. The smallest absolute Gasteiger partial charge is 0.416 e. The predicted octanol–water partition coefficient (Wildman–Crippen LogP) is 4.89. The molecule has 0 amide bonds. The number of halogens is 6. The normalized spacial score (nSPS) is 12.8. The van der Waals surface area contributed by atoms with Crippen LogP contribution in [0.15, 0.2) is 41.4 Å². The van der Waals surface area contributed by atoms with E-state index in [1.54, 1.807) is 0 Å². The average Bonchev–Trinajstić information content (AvgIpc) is 2.44. The zero-order valence-corrected chi connectivity index (χ0v) is 11.7. The second-order valence-electron chi connectivity index (χ2n) is 4.77. The fraction of sp³-hybridized carbons (Fsp3) is 0.133. The molecule has 2 rings (SSSR count). The minimum Gasteiger partial charge on any atom is -0.508 e. The Bertz CT molecular complexity index is 748. The first kappa shape index (κ1) is 17.6. The quantitative estimate of drug-likeness (QED) is 0.599. The number of phenolic OH excluding ortho intramolecular Hbond substituents is 2. The van der Waals surface area contributed by atoms with Crippen LogP contribution in [0.3, 0.4) is 0 Å². The van der Waals surface area contributed by atoms with E-state index in [0.29, 0.717) is 12.1 Å². The first-order valence-corrected chi connectivity index (χ1v) is 6.32. The van der Waals surface area contributed by atoms with Gasteiger partial charge in [0.25, 0.3) is 0 Å². The van der Waals surface area contributed by atoms with Crippen LogP contribution >= 0.6 is 0 Å². The molecule has 128 valence electrons. The lowest BCUT2D eigenvalue weighted by Gasteiger charge is -2.12. The van der Waals surface area contributed by atoms with Gasteiger partial charge in [-0.3, -0.25) is 4.99 Å². The maximum Gasteiger partial charge on any atom is 0.416 e. The lowest BCUT2D eigenvalue weighted by molar-refractivity contribution is -0.143. The molecule has 2 aromatic carbocycles. The summed E-state index contributed by atoms with van der Waals surface area (Å²) in [6.07, 6.45) is -9.04. The molecule has 0 atom stereocenters. The van der Waals surface area contributed by atoms with Gasteiger partial charge in [0.2, 0.25) is 0 Å². The van der Waals surface area contributed by atoms with Crippen molar-refractivity contribution >= 4 is 11.9 Å². The van der Waals surface area contributed by atoms with E-state index in [1.807, 2.05) is 0 Å². The molecule has 0 radical (unpaired) electrons. The van der Waals surface area contributed by atoms with Gasteiger partial charge in [0.05, 0.1) is 16.8 Å². The summed E-state index contributed by atoms with van der Waals surface area (Å²) in [6, 6.07) is 4.25. The van der Waals surface area contributed by atoms with Crippen LogP contribution in [-0.2, 0) is 12.4 Å². The van der Waals surface area contributed by atoms with E-state index < -0.39 is 34.9 Å². The van der Waals surface area contributed by atoms with Gasteiger partial charge in [-0.25, -0.2) is 0 Å². The second-order valence-corrected chi connectivity index (χ2v) is 4.77. The van der Waals surface area contributed by atoms with Crippen LogP contribution < -0.4 is 0 Å². The van der Waals surface area contributed by atoms with Crippen molar-refractivity contribution < 1.29 is 36.6 Å². The van der Waals surface area contributed by atoms with E-state index in [0.717, 1.165) is 12.3 Å². The van der Waals surface area contributed by atoms with Gasteiger partial charge < -0.3 is 10.2 Å². The summed E-state index contributed by atoms with van der Waals surface area (Å²) in [5.74, 6) is -0.690. The van der Waals surface area contributed by atoms with Crippen LogP contribution in [0, 0.1) is 0 Å². The molecule has 0 spiro atoms. The van der Waals surface area contributed by atoms with Gasteiger partial charge in [0, 0.05) is 17.8 Å². The summed E-state index contributed by atoms with van der Waals surface area (Å²) in [5.41, 5.74) is -3.54. The Morgan fingerprint density at radius 1 is 0.792 bits per heavy atom. The van der Waals surface area contributed by atoms with E-state index in [2.05, 4.69) is 4.99 Å². The van der Waals surface area contributed by atoms with Crippen LogP contribution in [-0.4, -0.2) is 16.4 Å². The maximum absolute atomic E-state index is 12.7. The minimum absolute atomic E-state index is 0.00293. The van der Waals surface area contributed by atoms with Crippen LogP contribution in [0.2, 0.25) is 0 Å². The Labute approximate surface area is 131 Å². The van der Waals surface area contributed by atoms with Gasteiger partial charge in [-0.1, -0.05) is 0 Å². The fourth-order valence-corrected chi connectivity index (χ4v) is 1.80. The molecule has 2 N–H and O–H groups in total. The summed E-state index contributed by atoms with van der Waals surface area (Å²) < 4.78 is 76.3. The molecular weight excluding hydrogens is 340 g/mol. The molecule has 0 fully saturated rings. The number of benzene rings is 2. The fourth-order valence-electron chi connectivity index (χ4n) is 1.80. The van der Waals surface area contributed by atoms with E-state index in [1.165, 1.54) is 12.1 Å². The first-order chi connectivity index (χ1) is 11.0. The topological polar surface area (TPSA) is 52.8 Å². The van der Waals surface area contributed by atoms with Crippen molar-refractivity contribution in [2.75, 3.05) is 0 Å². The Morgan fingerprint density at radius 3 is 1.79 bits per heavy atom. The van der Waals surface area contributed by atoms with Gasteiger partial charge in [-0.15, -0.1) is 0 Å². The molecule has 0 aliphatic heterocycles. The molecular formula is C15H9F6NO2. The molecule has 9 heteroatoms. The first-order valence-electron chi connectivity index (χ1n) is 6.32. The van der Waals surface area contributed by atoms with Crippen LogP contribution in [0.4, 0.5) is 32.0 Å². The van der Waals surface area contributed by atoms with Gasteiger partial charge in [0.15, 0.2) is 0 Å². The molecule has 3 nitrogen and oxygen atoms in total. The molecule has 0 unspecified atom stereocenters. The number of hydrogen-bond acceptors (Lipinski definition) is 3. The van der Waals surface area contributed by atoms with Crippen molar-refractivity contribution in [1.29, 1.82) is 0 Å². The zero-order valence-electron chi connectivity index (χ0n) is 11.7. The third-order valence-corrected chi connectivity index (χ3v) is 2.94. The maximum atomic E-state index is 12.7. The Kier molecular flexibility index (Phi) is 4.46. The summed E-state index contributed by atoms with van der Waals surface area (Å²) >= 11 is 0. The SMILES string of the molecule is Oc1ccc(/C=N/c2cc(C(F)(F)F)cc(C(F)(F)F)c2)c(O)c1. The lowest BCUT2D eigenvalue weighted by Crippen LogP contribution is -2.10. The van der Waals surface area contributed by atoms with E-state index in [-0.39, 0.29) is 17.4 Å². The monoisotopic (exact) mass is 349 g/mol. The number of hydrogen-bond donors (Lipinski definition) is 2. The molecule has 2 aromatic rings. The molecule has 0 heterocycles. The summed E-state index contributed by atoms with van der Waals surface area (Å²) in [7, 11) is 0. The number of nitrogens with zero attached hydrogens (tertiary/aromatic N) is 1. The number of aromatic hydroxyl groups is 2. The van der Waals surface area contributed by atoms with Crippen LogP contribution in [0.1, 0.15) is 16.7 Å². The van der Waals surface area contributed by atoms with E-state index in [4.69, 9.17) is 5.11 Å². The minimum atomic E-state index is -4.97. The molecule has 0 aliphatic carbocycles. The molecule has 0 bridgehead atoms. The Balaban J connectivity index is 2.47. The zero-order chi connectivity index (χ0) is 18.1. The van der Waals surface area contributed by atoms with Crippen molar-refractivity contribution in [3.05, 3.63) is 53.1 Å².